The molecule has 0 fully saturated rings. The van der Waals surface area contributed by atoms with Gasteiger partial charge in [0.15, 0.2) is 0 Å². The third-order valence-electron chi connectivity index (χ3n) is 2.66. The number of benzene rings is 2. The zero-order chi connectivity index (χ0) is 13.8. The van der Waals surface area contributed by atoms with Gasteiger partial charge in [-0.15, -0.1) is 0 Å². The predicted molar refractivity (Wildman–Crippen MR) is 75.5 cm³/mol. The lowest BCUT2D eigenvalue weighted by Crippen LogP contribution is -1.95. The van der Waals surface area contributed by atoms with Crippen molar-refractivity contribution < 1.29 is 9.31 Å². The van der Waals surface area contributed by atoms with E-state index >= 15 is 0 Å². The van der Waals surface area contributed by atoms with Gasteiger partial charge in [-0.1, -0.05) is 40.2 Å². The second-order valence-corrected chi connectivity index (χ2v) is 4.26. The van der Waals surface area contributed by atoms with Crippen LogP contribution in [-0.2, 0) is 0 Å². The average molecular weight is 322 g/mol. The lowest BCUT2D eigenvalue weighted by molar-refractivity contribution is -0.385. The van der Waals surface area contributed by atoms with Gasteiger partial charge in [-0.2, -0.15) is 0 Å². The van der Waals surface area contributed by atoms with Gasteiger partial charge in [0, 0.05) is 11.6 Å². The maximum atomic E-state index is 12.9. The van der Waals surface area contributed by atoms with E-state index in [4.69, 9.17) is 0 Å². The summed E-state index contributed by atoms with van der Waals surface area (Å²) in [5.74, 6) is -0.347. The number of para-hydroxylation sites is 1. The molecule has 0 aliphatic rings. The minimum absolute atomic E-state index is 0.0116. The molecule has 2 rings (SSSR count). The first-order valence-corrected chi connectivity index (χ1v) is 6.35. The fraction of sp³-hybridized carbons (Fsp3) is 0. The van der Waals surface area contributed by atoms with E-state index in [0.29, 0.717) is 16.7 Å². The van der Waals surface area contributed by atoms with Crippen LogP contribution in [0.15, 0.2) is 53.5 Å². The standard InChI is InChI=1S/C14H9BrFNO2/c15-9-13(10-5-7-11(16)8-6-10)12-3-1-2-4-14(12)17(18)19/h1-9H/b13-9-. The van der Waals surface area contributed by atoms with Crippen molar-refractivity contribution in [1.82, 2.24) is 0 Å². The first kappa shape index (κ1) is 13.4. The SMILES string of the molecule is O=[N+]([O-])c1ccccc1/C(=C\Br)c1ccc(F)cc1. The smallest absolute Gasteiger partial charge is 0.258 e. The minimum Gasteiger partial charge on any atom is -0.258 e. The maximum absolute atomic E-state index is 12.9. The molecular formula is C14H9BrFNO2. The molecule has 19 heavy (non-hydrogen) atoms. The Morgan fingerprint density at radius 3 is 2.37 bits per heavy atom. The van der Waals surface area contributed by atoms with Crippen LogP contribution in [0.1, 0.15) is 11.1 Å². The van der Waals surface area contributed by atoms with E-state index in [2.05, 4.69) is 15.9 Å². The molecule has 0 spiro atoms. The molecule has 2 aromatic carbocycles. The van der Waals surface area contributed by atoms with E-state index in [0.717, 1.165) is 0 Å². The molecule has 0 radical (unpaired) electrons. The third-order valence-corrected chi connectivity index (χ3v) is 3.11. The number of nitro benzene ring substituents is 1. The Labute approximate surface area is 117 Å². The highest BCUT2D eigenvalue weighted by Gasteiger charge is 2.17. The molecule has 2 aromatic rings. The molecular weight excluding hydrogens is 313 g/mol. The van der Waals surface area contributed by atoms with E-state index < -0.39 is 4.92 Å². The quantitative estimate of drug-likeness (QED) is 0.616. The van der Waals surface area contributed by atoms with Crippen LogP contribution in [-0.4, -0.2) is 4.92 Å². The second kappa shape index (κ2) is 5.75. The summed E-state index contributed by atoms with van der Waals surface area (Å²) in [6.45, 7) is 0. The van der Waals surface area contributed by atoms with Crippen LogP contribution in [0.4, 0.5) is 10.1 Å². The van der Waals surface area contributed by atoms with Crippen LogP contribution >= 0.6 is 15.9 Å². The molecule has 5 heteroatoms. The topological polar surface area (TPSA) is 43.1 Å². The fourth-order valence-corrected chi connectivity index (χ4v) is 2.28. The summed E-state index contributed by atoms with van der Waals surface area (Å²) in [6.07, 6.45) is 0. The van der Waals surface area contributed by atoms with Crippen LogP contribution in [0.2, 0.25) is 0 Å². The highest BCUT2D eigenvalue weighted by Crippen LogP contribution is 2.31. The molecule has 0 N–H and O–H groups in total. The van der Waals surface area contributed by atoms with Gasteiger partial charge in [0.2, 0.25) is 0 Å². The average Bonchev–Trinajstić information content (AvgIpc) is 2.42. The highest BCUT2D eigenvalue weighted by atomic mass is 79.9. The van der Waals surface area contributed by atoms with Crippen molar-refractivity contribution in [3.05, 3.63) is 80.6 Å². The van der Waals surface area contributed by atoms with Crippen LogP contribution in [0.25, 0.3) is 5.57 Å². The molecule has 0 amide bonds. The Morgan fingerprint density at radius 2 is 1.79 bits per heavy atom. The molecule has 96 valence electrons. The summed E-state index contributed by atoms with van der Waals surface area (Å²) >= 11 is 3.21. The number of halogens is 2. The van der Waals surface area contributed by atoms with Crippen molar-refractivity contribution in [2.45, 2.75) is 0 Å². The van der Waals surface area contributed by atoms with Gasteiger partial charge in [0.05, 0.1) is 10.5 Å². The molecule has 0 aliphatic heterocycles. The van der Waals surface area contributed by atoms with Gasteiger partial charge >= 0.3 is 0 Å². The summed E-state index contributed by atoms with van der Waals surface area (Å²) in [4.78, 5) is 12.2. The lowest BCUT2D eigenvalue weighted by atomic mass is 9.98. The summed E-state index contributed by atoms with van der Waals surface area (Å²) in [7, 11) is 0. The zero-order valence-corrected chi connectivity index (χ0v) is 11.3. The van der Waals surface area contributed by atoms with Crippen LogP contribution in [0, 0.1) is 15.9 Å². The van der Waals surface area contributed by atoms with Gasteiger partial charge in [-0.3, -0.25) is 10.1 Å². The molecule has 0 aromatic heterocycles. The molecule has 0 saturated heterocycles. The number of nitro groups is 1. The Morgan fingerprint density at radius 1 is 1.16 bits per heavy atom. The lowest BCUT2D eigenvalue weighted by Gasteiger charge is -2.07. The van der Waals surface area contributed by atoms with Gasteiger partial charge in [-0.25, -0.2) is 4.39 Å². The first-order valence-electron chi connectivity index (χ1n) is 5.43. The van der Waals surface area contributed by atoms with Crippen LogP contribution in [0.5, 0.6) is 0 Å². The highest BCUT2D eigenvalue weighted by molar-refractivity contribution is 9.11. The van der Waals surface area contributed by atoms with Gasteiger partial charge in [0.25, 0.3) is 5.69 Å². The Bertz CT molecular complexity index is 638. The van der Waals surface area contributed by atoms with Gasteiger partial charge in [-0.05, 0) is 28.7 Å². The number of rotatable bonds is 3. The molecule has 0 saturated carbocycles. The third kappa shape index (κ3) is 2.88. The Hall–Kier alpha value is -2.01. The summed E-state index contributed by atoms with van der Waals surface area (Å²) < 4.78 is 12.9. The minimum atomic E-state index is -0.435. The van der Waals surface area contributed by atoms with E-state index in [1.54, 1.807) is 35.3 Å². The Kier molecular flexibility index (Phi) is 4.06. The molecule has 0 atom stereocenters. The predicted octanol–water partition coefficient (Wildman–Crippen LogP) is 4.52. The van der Waals surface area contributed by atoms with Crippen LogP contribution < -0.4 is 0 Å². The van der Waals surface area contributed by atoms with Crippen molar-refractivity contribution >= 4 is 27.2 Å². The van der Waals surface area contributed by atoms with Crippen molar-refractivity contribution in [3.63, 3.8) is 0 Å². The summed E-state index contributed by atoms with van der Waals surface area (Å²) in [5, 5.41) is 11.0. The summed E-state index contributed by atoms with van der Waals surface area (Å²) in [5.41, 5.74) is 1.83. The molecule has 3 nitrogen and oxygen atoms in total. The van der Waals surface area contributed by atoms with Crippen molar-refractivity contribution in [2.75, 3.05) is 0 Å². The normalized spacial score (nSPS) is 11.4. The van der Waals surface area contributed by atoms with E-state index in [1.165, 1.54) is 18.2 Å². The maximum Gasteiger partial charge on any atom is 0.277 e. The largest absolute Gasteiger partial charge is 0.277 e. The van der Waals surface area contributed by atoms with Crippen molar-refractivity contribution in [1.29, 1.82) is 0 Å². The zero-order valence-electron chi connectivity index (χ0n) is 9.72. The Balaban J connectivity index is 2.55. The number of nitrogens with zero attached hydrogens (tertiary/aromatic N) is 1. The van der Waals surface area contributed by atoms with E-state index in [9.17, 15) is 14.5 Å². The first-order chi connectivity index (χ1) is 9.13. The van der Waals surface area contributed by atoms with Gasteiger partial charge < -0.3 is 0 Å². The van der Waals surface area contributed by atoms with E-state index in [-0.39, 0.29) is 11.5 Å². The monoisotopic (exact) mass is 321 g/mol. The van der Waals surface area contributed by atoms with Crippen LogP contribution in [0.3, 0.4) is 0 Å². The number of hydrogen-bond donors (Lipinski definition) is 0. The molecule has 0 unspecified atom stereocenters. The fourth-order valence-electron chi connectivity index (χ4n) is 1.77. The second-order valence-electron chi connectivity index (χ2n) is 3.80. The molecule has 0 aliphatic carbocycles. The van der Waals surface area contributed by atoms with Gasteiger partial charge in [0.1, 0.15) is 5.82 Å². The van der Waals surface area contributed by atoms with E-state index in [1.807, 2.05) is 0 Å². The number of hydrogen-bond acceptors (Lipinski definition) is 2. The van der Waals surface area contributed by atoms with Crippen molar-refractivity contribution in [3.8, 4) is 0 Å². The summed E-state index contributed by atoms with van der Waals surface area (Å²) in [6, 6.07) is 12.2. The molecule has 0 heterocycles. The molecule has 0 bridgehead atoms. The van der Waals surface area contributed by atoms with Crippen molar-refractivity contribution in [2.24, 2.45) is 0 Å².